The van der Waals surface area contributed by atoms with Gasteiger partial charge in [0.1, 0.15) is 5.75 Å². The standard InChI is InChI=1S/C29H25N2O2/c1-3-19-7-9-20(10-8-19)18-31-26-6-4-5-25(29(30)32)28(26)24-16-13-22(17-27(24)31)21-11-14-23(33-2)15-12-21/h4-15,17H,3,18H2,1-2H3,(H2,30,32). The van der Waals surface area contributed by atoms with Gasteiger partial charge in [-0.3, -0.25) is 4.79 Å². The second kappa shape index (κ2) is 8.47. The number of nitrogens with zero attached hydrogens (tertiary/aromatic N) is 1. The first-order valence-corrected chi connectivity index (χ1v) is 11.1. The van der Waals surface area contributed by atoms with Crippen molar-refractivity contribution in [1.82, 2.24) is 4.57 Å². The van der Waals surface area contributed by atoms with Crippen LogP contribution in [0.2, 0.25) is 0 Å². The maximum Gasteiger partial charge on any atom is 0.249 e. The number of hydrogen-bond acceptors (Lipinski definition) is 2. The molecule has 1 amide bonds. The van der Waals surface area contributed by atoms with Gasteiger partial charge in [-0.05, 0) is 71.1 Å². The molecule has 1 radical (unpaired) electrons. The summed E-state index contributed by atoms with van der Waals surface area (Å²) in [6.07, 6.45) is 1.01. The second-order valence-corrected chi connectivity index (χ2v) is 8.20. The lowest BCUT2D eigenvalue weighted by Crippen LogP contribution is -2.11. The van der Waals surface area contributed by atoms with Gasteiger partial charge in [-0.2, -0.15) is 0 Å². The number of fused-ring (bicyclic) bond motifs is 3. The Balaban J connectivity index is 1.73. The van der Waals surface area contributed by atoms with E-state index in [4.69, 9.17) is 10.5 Å². The molecule has 5 rings (SSSR count). The zero-order chi connectivity index (χ0) is 22.9. The molecule has 0 bridgehead atoms. The largest absolute Gasteiger partial charge is 0.497 e. The SMILES string of the molecule is CCc1ccc(Cn2c3cc(-c4ccc(OC)cc4)c[c]c3c3c(C(N)=O)cccc32)cc1. The van der Waals surface area contributed by atoms with Crippen molar-refractivity contribution in [3.05, 3.63) is 102 Å². The minimum Gasteiger partial charge on any atom is -0.497 e. The Labute approximate surface area is 193 Å². The van der Waals surface area contributed by atoms with Gasteiger partial charge in [0, 0.05) is 22.9 Å². The van der Waals surface area contributed by atoms with Crippen LogP contribution in [0.15, 0.2) is 78.9 Å². The quantitative estimate of drug-likeness (QED) is 0.358. The van der Waals surface area contributed by atoms with E-state index in [1.54, 1.807) is 13.2 Å². The summed E-state index contributed by atoms with van der Waals surface area (Å²) >= 11 is 0. The molecule has 2 N–H and O–H groups in total. The van der Waals surface area contributed by atoms with E-state index in [0.29, 0.717) is 12.1 Å². The molecule has 0 spiro atoms. The van der Waals surface area contributed by atoms with E-state index in [-0.39, 0.29) is 0 Å². The molecular formula is C29H25N2O2. The molecule has 5 aromatic rings. The third kappa shape index (κ3) is 3.74. The Morgan fingerprint density at radius 1 is 0.939 bits per heavy atom. The maximum atomic E-state index is 12.2. The van der Waals surface area contributed by atoms with Crippen molar-refractivity contribution in [1.29, 1.82) is 0 Å². The Hall–Kier alpha value is -4.05. The van der Waals surface area contributed by atoms with E-state index < -0.39 is 5.91 Å². The van der Waals surface area contributed by atoms with E-state index >= 15 is 0 Å². The van der Waals surface area contributed by atoms with Crippen molar-refractivity contribution in [3.63, 3.8) is 0 Å². The molecule has 4 heteroatoms. The average Bonchev–Trinajstić information content (AvgIpc) is 3.17. The van der Waals surface area contributed by atoms with E-state index in [2.05, 4.69) is 47.9 Å². The topological polar surface area (TPSA) is 57.2 Å². The highest BCUT2D eigenvalue weighted by atomic mass is 16.5. The molecule has 1 heterocycles. The van der Waals surface area contributed by atoms with Gasteiger partial charge < -0.3 is 15.0 Å². The van der Waals surface area contributed by atoms with Gasteiger partial charge in [-0.1, -0.05) is 49.4 Å². The summed E-state index contributed by atoms with van der Waals surface area (Å²) in [5, 5.41) is 1.76. The van der Waals surface area contributed by atoms with Crippen molar-refractivity contribution in [2.45, 2.75) is 19.9 Å². The Kier molecular flexibility index (Phi) is 5.35. The number of aromatic nitrogens is 1. The summed E-state index contributed by atoms with van der Waals surface area (Å²) in [5.74, 6) is 0.388. The van der Waals surface area contributed by atoms with Gasteiger partial charge in [0.2, 0.25) is 5.91 Å². The lowest BCUT2D eigenvalue weighted by atomic mass is 10.0. The van der Waals surface area contributed by atoms with E-state index in [9.17, 15) is 4.79 Å². The number of carbonyl (C=O) groups excluding carboxylic acids is 1. The number of primary amides is 1. The lowest BCUT2D eigenvalue weighted by molar-refractivity contribution is 0.100. The normalized spacial score (nSPS) is 11.2. The predicted octanol–water partition coefficient (Wildman–Crippen LogP) is 5.98. The Morgan fingerprint density at radius 2 is 1.67 bits per heavy atom. The highest BCUT2D eigenvalue weighted by Crippen LogP contribution is 2.35. The van der Waals surface area contributed by atoms with Crippen molar-refractivity contribution in [2.75, 3.05) is 7.11 Å². The minimum atomic E-state index is -0.431. The van der Waals surface area contributed by atoms with Crippen LogP contribution >= 0.6 is 0 Å². The molecule has 0 saturated heterocycles. The van der Waals surface area contributed by atoms with Gasteiger partial charge in [0.25, 0.3) is 0 Å². The molecule has 33 heavy (non-hydrogen) atoms. The van der Waals surface area contributed by atoms with Crippen LogP contribution in [-0.2, 0) is 13.0 Å². The number of amides is 1. The number of nitrogens with two attached hydrogens (primary N) is 1. The highest BCUT2D eigenvalue weighted by molar-refractivity contribution is 6.18. The molecule has 0 atom stereocenters. The van der Waals surface area contributed by atoms with Crippen LogP contribution in [0.5, 0.6) is 5.75 Å². The fourth-order valence-corrected chi connectivity index (χ4v) is 4.44. The smallest absolute Gasteiger partial charge is 0.249 e. The average molecular weight is 434 g/mol. The highest BCUT2D eigenvalue weighted by Gasteiger charge is 2.17. The second-order valence-electron chi connectivity index (χ2n) is 8.20. The van der Waals surface area contributed by atoms with Crippen molar-refractivity contribution >= 4 is 27.7 Å². The third-order valence-corrected chi connectivity index (χ3v) is 6.26. The first-order valence-electron chi connectivity index (χ1n) is 11.1. The van der Waals surface area contributed by atoms with Gasteiger partial charge in [0.15, 0.2) is 0 Å². The fourth-order valence-electron chi connectivity index (χ4n) is 4.44. The van der Waals surface area contributed by atoms with E-state index in [1.165, 1.54) is 11.1 Å². The van der Waals surface area contributed by atoms with Gasteiger partial charge >= 0.3 is 0 Å². The fraction of sp³-hybridized carbons (Fsp3) is 0.138. The lowest BCUT2D eigenvalue weighted by Gasteiger charge is -2.10. The molecule has 1 aromatic heterocycles. The molecular weight excluding hydrogens is 408 g/mol. The van der Waals surface area contributed by atoms with Gasteiger partial charge in [-0.15, -0.1) is 0 Å². The van der Waals surface area contributed by atoms with Crippen LogP contribution < -0.4 is 10.5 Å². The molecule has 0 aliphatic heterocycles. The Bertz CT molecular complexity index is 1460. The first-order chi connectivity index (χ1) is 16.1. The molecule has 4 aromatic carbocycles. The number of carbonyl (C=O) groups is 1. The summed E-state index contributed by atoms with van der Waals surface area (Å²) in [5.41, 5.74) is 12.9. The number of ether oxygens (including phenoxy) is 1. The molecule has 0 aliphatic rings. The van der Waals surface area contributed by atoms with Crippen LogP contribution in [0.1, 0.15) is 28.4 Å². The van der Waals surface area contributed by atoms with Crippen LogP contribution in [0, 0.1) is 6.07 Å². The summed E-state index contributed by atoms with van der Waals surface area (Å²) in [6.45, 7) is 2.84. The summed E-state index contributed by atoms with van der Waals surface area (Å²) in [7, 11) is 1.66. The van der Waals surface area contributed by atoms with Gasteiger partial charge in [-0.25, -0.2) is 0 Å². The number of benzene rings is 4. The molecule has 0 unspecified atom stereocenters. The van der Waals surface area contributed by atoms with Crippen molar-refractivity contribution < 1.29 is 9.53 Å². The third-order valence-electron chi connectivity index (χ3n) is 6.26. The van der Waals surface area contributed by atoms with E-state index in [1.807, 2.05) is 42.5 Å². The monoisotopic (exact) mass is 433 g/mol. The Morgan fingerprint density at radius 3 is 2.33 bits per heavy atom. The summed E-state index contributed by atoms with van der Waals surface area (Å²) in [4.78, 5) is 12.2. The van der Waals surface area contributed by atoms with Crippen LogP contribution in [0.3, 0.4) is 0 Å². The number of hydrogen-bond donors (Lipinski definition) is 1. The summed E-state index contributed by atoms with van der Waals surface area (Å²) in [6, 6.07) is 30.0. The molecule has 163 valence electrons. The number of aryl methyl sites for hydroxylation is 1. The van der Waals surface area contributed by atoms with Crippen LogP contribution in [0.25, 0.3) is 32.9 Å². The number of methoxy groups -OCH3 is 1. The van der Waals surface area contributed by atoms with Crippen molar-refractivity contribution in [2.24, 2.45) is 5.73 Å². The maximum absolute atomic E-state index is 12.2. The minimum absolute atomic E-state index is 0.431. The molecule has 0 aliphatic carbocycles. The zero-order valence-corrected chi connectivity index (χ0v) is 18.8. The van der Waals surface area contributed by atoms with Crippen LogP contribution in [0.4, 0.5) is 0 Å². The van der Waals surface area contributed by atoms with Crippen LogP contribution in [-0.4, -0.2) is 17.6 Å². The molecule has 0 saturated carbocycles. The molecule has 4 nitrogen and oxygen atoms in total. The van der Waals surface area contributed by atoms with E-state index in [0.717, 1.165) is 45.1 Å². The zero-order valence-electron chi connectivity index (χ0n) is 18.8. The first kappa shape index (κ1) is 20.8. The summed E-state index contributed by atoms with van der Waals surface area (Å²) < 4.78 is 7.55. The van der Waals surface area contributed by atoms with Crippen molar-refractivity contribution in [3.8, 4) is 16.9 Å². The molecule has 0 fully saturated rings. The number of rotatable bonds is 6. The predicted molar refractivity (Wildman–Crippen MR) is 134 cm³/mol. The van der Waals surface area contributed by atoms with Gasteiger partial charge in [0.05, 0.1) is 18.1 Å².